The Balaban J connectivity index is 1.91. The molecule has 0 unspecified atom stereocenters. The van der Waals surface area contributed by atoms with Crippen molar-refractivity contribution in [2.24, 2.45) is 0 Å². The Bertz CT molecular complexity index is 969. The molecule has 0 saturated heterocycles. The number of halogens is 1. The Morgan fingerprint density at radius 3 is 2.38 bits per heavy atom. The first-order valence-corrected chi connectivity index (χ1v) is 8.44. The number of rotatable bonds is 5. The van der Waals surface area contributed by atoms with Crippen molar-refractivity contribution in [2.45, 2.75) is 0 Å². The molecule has 3 rings (SSSR count). The van der Waals surface area contributed by atoms with Crippen LogP contribution in [0.5, 0.6) is 0 Å². The maximum absolute atomic E-state index is 12.9. The molecular formula is C15H11FN4O3S. The molecule has 0 fully saturated rings. The minimum atomic E-state index is -4.12. The molecule has 0 aliphatic carbocycles. The predicted molar refractivity (Wildman–Crippen MR) is 83.2 cm³/mol. The number of ketones is 1. The van der Waals surface area contributed by atoms with E-state index in [-0.39, 0.29) is 11.4 Å². The monoisotopic (exact) mass is 346 g/mol. The van der Waals surface area contributed by atoms with Crippen molar-refractivity contribution in [1.29, 1.82) is 0 Å². The summed E-state index contributed by atoms with van der Waals surface area (Å²) in [7, 11) is -4.12. The molecule has 24 heavy (non-hydrogen) atoms. The Morgan fingerprint density at radius 1 is 1.04 bits per heavy atom. The van der Waals surface area contributed by atoms with Gasteiger partial charge in [-0.05, 0) is 34.7 Å². The van der Waals surface area contributed by atoms with Crippen molar-refractivity contribution in [1.82, 2.24) is 19.6 Å². The summed E-state index contributed by atoms with van der Waals surface area (Å²) in [5, 5.41) is 10.6. The molecule has 0 radical (unpaired) electrons. The van der Waals surface area contributed by atoms with Crippen molar-refractivity contribution in [3.05, 3.63) is 66.0 Å². The van der Waals surface area contributed by atoms with Gasteiger partial charge in [0.05, 0.1) is 0 Å². The van der Waals surface area contributed by atoms with Crippen LogP contribution in [0.2, 0.25) is 0 Å². The van der Waals surface area contributed by atoms with Gasteiger partial charge in [-0.3, -0.25) is 4.79 Å². The molecule has 0 aliphatic rings. The smallest absolute Gasteiger partial charge is 0.264 e. The minimum absolute atomic E-state index is 0.0162. The second kappa shape index (κ2) is 6.28. The summed E-state index contributed by atoms with van der Waals surface area (Å²) in [6.07, 6.45) is 0. The fraction of sp³-hybridized carbons (Fsp3) is 0.0667. The molecule has 0 N–H and O–H groups in total. The molecule has 9 heteroatoms. The molecule has 0 saturated carbocycles. The zero-order valence-electron chi connectivity index (χ0n) is 12.2. The Hall–Kier alpha value is -2.94. The van der Waals surface area contributed by atoms with Crippen LogP contribution in [0.4, 0.5) is 4.39 Å². The van der Waals surface area contributed by atoms with E-state index in [2.05, 4.69) is 15.5 Å². The molecule has 0 aliphatic heterocycles. The first-order chi connectivity index (χ1) is 11.5. The van der Waals surface area contributed by atoms with Gasteiger partial charge in [0.2, 0.25) is 0 Å². The summed E-state index contributed by atoms with van der Waals surface area (Å²) in [6, 6.07) is 13.1. The van der Waals surface area contributed by atoms with E-state index in [0.29, 0.717) is 9.65 Å². The van der Waals surface area contributed by atoms with Crippen LogP contribution >= 0.6 is 0 Å². The van der Waals surface area contributed by atoms with Gasteiger partial charge in [-0.15, -0.1) is 9.19 Å². The third-order valence-electron chi connectivity index (χ3n) is 3.22. The summed E-state index contributed by atoms with van der Waals surface area (Å²) in [5.74, 6) is -2.00. The van der Waals surface area contributed by atoms with Gasteiger partial charge in [-0.1, -0.05) is 30.3 Å². The van der Waals surface area contributed by atoms with Gasteiger partial charge in [-0.25, -0.2) is 12.8 Å². The van der Waals surface area contributed by atoms with E-state index in [1.54, 1.807) is 30.3 Å². The molecule has 0 amide bonds. The number of carbonyl (C=O) groups is 1. The number of hydrogen-bond donors (Lipinski definition) is 0. The van der Waals surface area contributed by atoms with Crippen molar-refractivity contribution < 1.29 is 17.6 Å². The van der Waals surface area contributed by atoms with Gasteiger partial charge in [0.1, 0.15) is 11.6 Å². The Kier molecular flexibility index (Phi) is 4.17. The first kappa shape index (κ1) is 15.9. The van der Waals surface area contributed by atoms with Gasteiger partial charge in [-0.2, -0.15) is 0 Å². The SMILES string of the molecule is O=C(CS(=O)(=O)n1nnnc1-c1ccccc1)c1ccc(F)cc1. The fourth-order valence-corrected chi connectivity index (χ4v) is 3.24. The van der Waals surface area contributed by atoms with E-state index in [9.17, 15) is 17.6 Å². The largest absolute Gasteiger partial charge is 0.293 e. The number of hydrogen-bond acceptors (Lipinski definition) is 6. The van der Waals surface area contributed by atoms with Crippen LogP contribution in [0.25, 0.3) is 11.4 Å². The average molecular weight is 346 g/mol. The van der Waals surface area contributed by atoms with Crippen LogP contribution in [0.3, 0.4) is 0 Å². The number of nitrogens with zero attached hydrogens (tertiary/aromatic N) is 4. The van der Waals surface area contributed by atoms with Crippen LogP contribution in [0.15, 0.2) is 54.6 Å². The maximum atomic E-state index is 12.9. The van der Waals surface area contributed by atoms with E-state index in [0.717, 1.165) is 12.1 Å². The molecule has 2 aromatic carbocycles. The Labute approximate surface area is 136 Å². The van der Waals surface area contributed by atoms with Crippen LogP contribution in [0.1, 0.15) is 10.4 Å². The molecule has 0 bridgehead atoms. The lowest BCUT2D eigenvalue weighted by atomic mass is 10.1. The number of benzene rings is 2. The number of Topliss-reactive ketones (excluding diaryl/α,β-unsaturated/α-hetero) is 1. The Morgan fingerprint density at radius 2 is 1.71 bits per heavy atom. The molecule has 7 nitrogen and oxygen atoms in total. The van der Waals surface area contributed by atoms with Gasteiger partial charge in [0.15, 0.2) is 11.6 Å². The molecule has 1 aromatic heterocycles. The van der Waals surface area contributed by atoms with Crippen LogP contribution in [0, 0.1) is 5.82 Å². The second-order valence-electron chi connectivity index (χ2n) is 4.90. The fourth-order valence-electron chi connectivity index (χ4n) is 2.07. The van der Waals surface area contributed by atoms with E-state index in [1.165, 1.54) is 12.1 Å². The lowest BCUT2D eigenvalue weighted by Crippen LogP contribution is -2.24. The third kappa shape index (κ3) is 3.20. The molecule has 122 valence electrons. The summed E-state index contributed by atoms with van der Waals surface area (Å²) in [5.41, 5.74) is 0.592. The normalized spacial score (nSPS) is 11.4. The van der Waals surface area contributed by atoms with Gasteiger partial charge in [0.25, 0.3) is 10.0 Å². The summed E-state index contributed by atoms with van der Waals surface area (Å²) >= 11 is 0. The zero-order valence-corrected chi connectivity index (χ0v) is 13.0. The quantitative estimate of drug-likeness (QED) is 0.650. The average Bonchev–Trinajstić information content (AvgIpc) is 3.06. The first-order valence-electron chi connectivity index (χ1n) is 6.83. The highest BCUT2D eigenvalue weighted by atomic mass is 32.2. The third-order valence-corrected chi connectivity index (χ3v) is 4.62. The van der Waals surface area contributed by atoms with Crippen molar-refractivity contribution in [3.8, 4) is 11.4 Å². The van der Waals surface area contributed by atoms with Gasteiger partial charge in [0, 0.05) is 11.1 Å². The second-order valence-corrected chi connectivity index (χ2v) is 6.70. The molecule has 1 heterocycles. The van der Waals surface area contributed by atoms with E-state index < -0.39 is 27.4 Å². The molecule has 0 spiro atoms. The number of aromatic nitrogens is 4. The van der Waals surface area contributed by atoms with Crippen molar-refractivity contribution in [3.63, 3.8) is 0 Å². The zero-order chi connectivity index (χ0) is 17.2. The van der Waals surface area contributed by atoms with Crippen molar-refractivity contribution >= 4 is 15.8 Å². The lowest BCUT2D eigenvalue weighted by Gasteiger charge is -2.06. The summed E-state index contributed by atoms with van der Waals surface area (Å²) in [4.78, 5) is 12.1. The molecule has 0 atom stereocenters. The summed E-state index contributed by atoms with van der Waals surface area (Å²) in [6.45, 7) is 0. The number of tetrazole rings is 1. The minimum Gasteiger partial charge on any atom is -0.293 e. The van der Waals surface area contributed by atoms with E-state index >= 15 is 0 Å². The van der Waals surface area contributed by atoms with Gasteiger partial charge >= 0.3 is 0 Å². The molecular weight excluding hydrogens is 335 g/mol. The maximum Gasteiger partial charge on any atom is 0.264 e. The van der Waals surface area contributed by atoms with Crippen LogP contribution in [-0.2, 0) is 10.0 Å². The summed E-state index contributed by atoms with van der Waals surface area (Å²) < 4.78 is 38.4. The highest BCUT2D eigenvalue weighted by molar-refractivity contribution is 7.90. The van der Waals surface area contributed by atoms with E-state index in [1.807, 2.05) is 0 Å². The molecule has 3 aromatic rings. The highest BCUT2D eigenvalue weighted by Gasteiger charge is 2.25. The number of carbonyl (C=O) groups excluding carboxylic acids is 1. The van der Waals surface area contributed by atoms with Crippen molar-refractivity contribution in [2.75, 3.05) is 5.75 Å². The van der Waals surface area contributed by atoms with Crippen LogP contribution < -0.4 is 0 Å². The lowest BCUT2D eigenvalue weighted by molar-refractivity contribution is 0.102. The standard InChI is InChI=1S/C15H11FN4O3S/c16-13-8-6-11(7-9-13)14(21)10-24(22,23)20-15(17-18-19-20)12-4-2-1-3-5-12/h1-9H,10H2. The van der Waals surface area contributed by atoms with Crippen LogP contribution in [-0.4, -0.2) is 39.6 Å². The predicted octanol–water partition coefficient (Wildman–Crippen LogP) is 1.54. The van der Waals surface area contributed by atoms with E-state index in [4.69, 9.17) is 0 Å². The highest BCUT2D eigenvalue weighted by Crippen LogP contribution is 2.17. The topological polar surface area (TPSA) is 94.8 Å². The van der Waals surface area contributed by atoms with Gasteiger partial charge < -0.3 is 0 Å².